The summed E-state index contributed by atoms with van der Waals surface area (Å²) in [7, 11) is 1.57. The third kappa shape index (κ3) is 3.18. The predicted molar refractivity (Wildman–Crippen MR) is 92.5 cm³/mol. The van der Waals surface area contributed by atoms with Crippen molar-refractivity contribution in [1.29, 1.82) is 0 Å². The zero-order chi connectivity index (χ0) is 16.4. The van der Waals surface area contributed by atoms with Gasteiger partial charge in [0.25, 0.3) is 5.91 Å². The van der Waals surface area contributed by atoms with E-state index in [1.807, 2.05) is 13.0 Å². The number of pyridine rings is 1. The summed E-state index contributed by atoms with van der Waals surface area (Å²) in [6.07, 6.45) is 1.68. The molecular formula is C15H17IN4O3. The van der Waals surface area contributed by atoms with E-state index in [1.165, 1.54) is 0 Å². The molecule has 3 heterocycles. The van der Waals surface area contributed by atoms with Gasteiger partial charge < -0.3 is 19.4 Å². The number of nitrogens with zero attached hydrogens (tertiary/aromatic N) is 3. The molecule has 7 nitrogen and oxygen atoms in total. The number of hydrogen-bond donors (Lipinski definition) is 1. The molecule has 1 fully saturated rings. The monoisotopic (exact) mass is 428 g/mol. The molecule has 1 aliphatic rings. The molecule has 0 aliphatic carbocycles. The minimum atomic E-state index is -0.0533. The van der Waals surface area contributed by atoms with E-state index < -0.39 is 0 Å². The molecule has 23 heavy (non-hydrogen) atoms. The van der Waals surface area contributed by atoms with E-state index >= 15 is 0 Å². The van der Waals surface area contributed by atoms with Gasteiger partial charge in [-0.3, -0.25) is 4.79 Å². The number of morpholine rings is 1. The predicted octanol–water partition coefficient (Wildman–Crippen LogP) is 1.87. The number of hydrogen-bond acceptors (Lipinski definition) is 5. The average Bonchev–Trinajstić information content (AvgIpc) is 2.96. The van der Waals surface area contributed by atoms with Crippen molar-refractivity contribution >= 4 is 28.5 Å². The Morgan fingerprint density at radius 1 is 1.43 bits per heavy atom. The lowest BCUT2D eigenvalue weighted by molar-refractivity contribution is 0.0299. The number of H-pyrrole nitrogens is 1. The molecule has 1 aliphatic heterocycles. The molecule has 2 aromatic rings. The normalized spacial score (nSPS) is 14.8. The molecule has 1 N–H and O–H groups in total. The molecule has 1 amide bonds. The number of methoxy groups -OCH3 is 1. The number of imidazole rings is 1. The molecule has 0 spiro atoms. The van der Waals surface area contributed by atoms with Crippen LogP contribution in [-0.4, -0.2) is 59.2 Å². The van der Waals surface area contributed by atoms with Gasteiger partial charge in [-0.2, -0.15) is 0 Å². The standard InChI is InChI=1S/C15H17IN4O3/c1-9-12(15(21)20-5-7-23-8-6-20)19-13(18-9)11-10(16)3-4-17-14(11)22-2/h3-4H,5-8H2,1-2H3,(H,18,19). The average molecular weight is 428 g/mol. The van der Waals surface area contributed by atoms with Crippen molar-refractivity contribution in [3.05, 3.63) is 27.2 Å². The number of carbonyl (C=O) groups excluding carboxylic acids is 1. The Morgan fingerprint density at radius 3 is 2.87 bits per heavy atom. The van der Waals surface area contributed by atoms with Crippen LogP contribution < -0.4 is 4.74 Å². The van der Waals surface area contributed by atoms with E-state index in [-0.39, 0.29) is 5.91 Å². The lowest BCUT2D eigenvalue weighted by Crippen LogP contribution is -2.41. The molecule has 8 heteroatoms. The maximum atomic E-state index is 12.7. The zero-order valence-corrected chi connectivity index (χ0v) is 15.1. The lowest BCUT2D eigenvalue weighted by Gasteiger charge is -2.26. The summed E-state index contributed by atoms with van der Waals surface area (Å²) in [5.74, 6) is 1.02. The highest BCUT2D eigenvalue weighted by atomic mass is 127. The largest absolute Gasteiger partial charge is 0.480 e. The summed E-state index contributed by atoms with van der Waals surface area (Å²) >= 11 is 2.20. The molecular weight excluding hydrogens is 411 g/mol. The van der Waals surface area contributed by atoms with Gasteiger partial charge in [0.1, 0.15) is 11.5 Å². The third-order valence-corrected chi connectivity index (χ3v) is 4.59. The Bertz CT molecular complexity index is 726. The van der Waals surface area contributed by atoms with E-state index in [2.05, 4.69) is 37.5 Å². The van der Waals surface area contributed by atoms with Gasteiger partial charge in [-0.25, -0.2) is 9.97 Å². The second-order valence-electron chi connectivity index (χ2n) is 5.13. The Hall–Kier alpha value is -1.68. The third-order valence-electron chi connectivity index (χ3n) is 3.69. The minimum absolute atomic E-state index is 0.0533. The summed E-state index contributed by atoms with van der Waals surface area (Å²) in [5.41, 5.74) is 1.93. The summed E-state index contributed by atoms with van der Waals surface area (Å²) < 4.78 is 11.6. The highest BCUT2D eigenvalue weighted by Gasteiger charge is 2.24. The number of aromatic amines is 1. The summed E-state index contributed by atoms with van der Waals surface area (Å²) in [6.45, 7) is 4.16. The van der Waals surface area contributed by atoms with Crippen LogP contribution in [-0.2, 0) is 4.74 Å². The number of ether oxygens (including phenoxy) is 2. The van der Waals surface area contributed by atoms with Crippen molar-refractivity contribution in [2.75, 3.05) is 33.4 Å². The van der Waals surface area contributed by atoms with E-state index in [0.717, 1.165) is 9.13 Å². The Kier molecular flexibility index (Phi) is 4.81. The van der Waals surface area contributed by atoms with Gasteiger partial charge in [0.15, 0.2) is 0 Å². The second-order valence-corrected chi connectivity index (χ2v) is 6.29. The van der Waals surface area contributed by atoms with E-state index in [1.54, 1.807) is 18.2 Å². The summed E-state index contributed by atoms with van der Waals surface area (Å²) in [5, 5.41) is 0. The lowest BCUT2D eigenvalue weighted by atomic mass is 10.2. The van der Waals surface area contributed by atoms with Crippen molar-refractivity contribution in [3.8, 4) is 17.3 Å². The van der Waals surface area contributed by atoms with Gasteiger partial charge in [-0.05, 0) is 35.6 Å². The first-order valence-electron chi connectivity index (χ1n) is 7.24. The van der Waals surface area contributed by atoms with Crippen molar-refractivity contribution in [3.63, 3.8) is 0 Å². The molecule has 0 aromatic carbocycles. The fourth-order valence-electron chi connectivity index (χ4n) is 2.50. The SMILES string of the molecule is COc1nccc(I)c1-c1nc(C)c(C(=O)N2CCOCC2)[nH]1. The number of halogens is 1. The number of amides is 1. The van der Waals surface area contributed by atoms with E-state index in [4.69, 9.17) is 9.47 Å². The van der Waals surface area contributed by atoms with Crippen LogP contribution in [0.25, 0.3) is 11.4 Å². The summed E-state index contributed by atoms with van der Waals surface area (Å²) in [4.78, 5) is 26.3. The molecule has 122 valence electrons. The van der Waals surface area contributed by atoms with Crippen LogP contribution in [0.5, 0.6) is 5.88 Å². The van der Waals surface area contributed by atoms with Gasteiger partial charge >= 0.3 is 0 Å². The van der Waals surface area contributed by atoms with Crippen molar-refractivity contribution < 1.29 is 14.3 Å². The molecule has 2 aromatic heterocycles. The van der Waals surface area contributed by atoms with E-state index in [0.29, 0.717) is 49.4 Å². The Labute approximate surface area is 147 Å². The van der Waals surface area contributed by atoms with Crippen LogP contribution in [0.1, 0.15) is 16.2 Å². The van der Waals surface area contributed by atoms with Crippen LogP contribution >= 0.6 is 22.6 Å². The van der Waals surface area contributed by atoms with Crippen LogP contribution in [0.2, 0.25) is 0 Å². The molecule has 0 radical (unpaired) electrons. The first-order valence-corrected chi connectivity index (χ1v) is 8.32. The number of nitrogens with one attached hydrogen (secondary N) is 1. The first-order chi connectivity index (χ1) is 11.1. The molecule has 3 rings (SSSR count). The van der Waals surface area contributed by atoms with Crippen LogP contribution in [0, 0.1) is 10.5 Å². The maximum Gasteiger partial charge on any atom is 0.272 e. The van der Waals surface area contributed by atoms with Crippen LogP contribution in [0.15, 0.2) is 12.3 Å². The fourth-order valence-corrected chi connectivity index (χ4v) is 3.15. The van der Waals surface area contributed by atoms with Crippen molar-refractivity contribution in [2.45, 2.75) is 6.92 Å². The maximum absolute atomic E-state index is 12.7. The number of aromatic nitrogens is 3. The number of aryl methyl sites for hydroxylation is 1. The minimum Gasteiger partial charge on any atom is -0.480 e. The van der Waals surface area contributed by atoms with Gasteiger partial charge in [0.05, 0.1) is 31.6 Å². The molecule has 0 saturated carbocycles. The first kappa shape index (κ1) is 16.2. The zero-order valence-electron chi connectivity index (χ0n) is 12.9. The molecule has 1 saturated heterocycles. The Morgan fingerprint density at radius 2 is 2.17 bits per heavy atom. The molecule has 0 atom stereocenters. The van der Waals surface area contributed by atoms with Gasteiger partial charge in [-0.15, -0.1) is 0 Å². The highest BCUT2D eigenvalue weighted by Crippen LogP contribution is 2.31. The van der Waals surface area contributed by atoms with Crippen LogP contribution in [0.4, 0.5) is 0 Å². The van der Waals surface area contributed by atoms with Gasteiger partial charge in [0.2, 0.25) is 5.88 Å². The Balaban J connectivity index is 1.97. The second kappa shape index (κ2) is 6.83. The summed E-state index contributed by atoms with van der Waals surface area (Å²) in [6, 6.07) is 1.87. The topological polar surface area (TPSA) is 80.3 Å². The fraction of sp³-hybridized carbons (Fsp3) is 0.400. The van der Waals surface area contributed by atoms with Crippen molar-refractivity contribution in [1.82, 2.24) is 19.9 Å². The van der Waals surface area contributed by atoms with Gasteiger partial charge in [0, 0.05) is 22.9 Å². The molecule has 0 bridgehead atoms. The van der Waals surface area contributed by atoms with E-state index in [9.17, 15) is 4.79 Å². The number of carbonyl (C=O) groups is 1. The van der Waals surface area contributed by atoms with Crippen molar-refractivity contribution in [2.24, 2.45) is 0 Å². The van der Waals surface area contributed by atoms with Gasteiger partial charge in [-0.1, -0.05) is 0 Å². The smallest absolute Gasteiger partial charge is 0.272 e. The quantitative estimate of drug-likeness (QED) is 0.756. The number of rotatable bonds is 3. The highest BCUT2D eigenvalue weighted by molar-refractivity contribution is 14.1. The molecule has 0 unspecified atom stereocenters. The van der Waals surface area contributed by atoms with Crippen LogP contribution in [0.3, 0.4) is 0 Å².